The zero-order valence-corrected chi connectivity index (χ0v) is 25.6. The van der Waals surface area contributed by atoms with E-state index >= 15 is 0 Å². The van der Waals surface area contributed by atoms with Crippen LogP contribution in [0.2, 0.25) is 0 Å². The summed E-state index contributed by atoms with van der Waals surface area (Å²) < 4.78 is 8.84. The minimum atomic E-state index is 0.900. The average molecular weight is 603 g/mol. The lowest BCUT2D eigenvalue weighted by atomic mass is 10.0. The van der Waals surface area contributed by atoms with Gasteiger partial charge in [-0.15, -0.1) is 0 Å². The molecule has 9 rings (SSSR count). The Hall–Kier alpha value is -6.32. The number of anilines is 3. The Labute approximate surface area is 273 Å². The maximum atomic E-state index is 6.52. The molecular weight excluding hydrogens is 572 g/mol. The second kappa shape index (κ2) is 11.2. The number of hydrogen-bond acceptors (Lipinski definition) is 2. The van der Waals surface area contributed by atoms with Crippen molar-refractivity contribution < 1.29 is 4.42 Å². The zero-order valence-electron chi connectivity index (χ0n) is 25.6. The van der Waals surface area contributed by atoms with Crippen molar-refractivity contribution in [3.05, 3.63) is 182 Å². The van der Waals surface area contributed by atoms with E-state index < -0.39 is 0 Å². The molecule has 2 aromatic heterocycles. The molecule has 0 N–H and O–H groups in total. The highest BCUT2D eigenvalue weighted by Gasteiger charge is 2.20. The van der Waals surface area contributed by atoms with Crippen LogP contribution in [0.1, 0.15) is 0 Å². The molecule has 0 aliphatic heterocycles. The third-order valence-electron chi connectivity index (χ3n) is 9.00. The highest BCUT2D eigenvalue weighted by atomic mass is 16.3. The fourth-order valence-corrected chi connectivity index (χ4v) is 6.76. The van der Waals surface area contributed by atoms with Crippen LogP contribution < -0.4 is 4.90 Å². The molecule has 0 unspecified atom stereocenters. The van der Waals surface area contributed by atoms with E-state index in [0.717, 1.165) is 66.8 Å². The van der Waals surface area contributed by atoms with Crippen molar-refractivity contribution in [2.45, 2.75) is 0 Å². The van der Waals surface area contributed by atoms with Gasteiger partial charge in [-0.25, -0.2) is 0 Å². The second-order valence-electron chi connectivity index (χ2n) is 11.8. The summed E-state index contributed by atoms with van der Waals surface area (Å²) in [6, 6.07) is 64.3. The molecule has 47 heavy (non-hydrogen) atoms. The Bertz CT molecular complexity index is 2480. The van der Waals surface area contributed by atoms with E-state index in [1.165, 1.54) is 11.1 Å². The summed E-state index contributed by atoms with van der Waals surface area (Å²) in [5.41, 5.74) is 13.2. The fourth-order valence-electron chi connectivity index (χ4n) is 6.76. The number of aromatic nitrogens is 1. The maximum Gasteiger partial charge on any atom is 0.161 e. The van der Waals surface area contributed by atoms with E-state index in [9.17, 15) is 0 Å². The second-order valence-corrected chi connectivity index (χ2v) is 11.8. The molecule has 0 atom stereocenters. The van der Waals surface area contributed by atoms with E-state index in [1.807, 2.05) is 12.1 Å². The van der Waals surface area contributed by atoms with Crippen LogP contribution in [0.5, 0.6) is 0 Å². The van der Waals surface area contributed by atoms with E-state index in [0.29, 0.717) is 0 Å². The molecule has 0 fully saturated rings. The third kappa shape index (κ3) is 4.68. The number of nitrogens with zero attached hydrogens (tertiary/aromatic N) is 2. The van der Waals surface area contributed by atoms with Gasteiger partial charge in [0.15, 0.2) is 5.58 Å². The molecule has 3 heteroatoms. The average Bonchev–Trinajstić information content (AvgIpc) is 3.68. The minimum absolute atomic E-state index is 0.900. The summed E-state index contributed by atoms with van der Waals surface area (Å²) in [6.07, 6.45) is 0. The van der Waals surface area contributed by atoms with Crippen molar-refractivity contribution in [1.82, 2.24) is 4.57 Å². The number of rotatable bonds is 6. The molecule has 0 spiro atoms. The van der Waals surface area contributed by atoms with Gasteiger partial charge in [-0.3, -0.25) is 0 Å². The number of hydrogen-bond donors (Lipinski definition) is 0. The lowest BCUT2D eigenvalue weighted by Gasteiger charge is -2.26. The molecule has 0 aliphatic rings. The first-order valence-electron chi connectivity index (χ1n) is 15.9. The molecule has 7 aromatic carbocycles. The third-order valence-corrected chi connectivity index (χ3v) is 9.00. The van der Waals surface area contributed by atoms with E-state index in [1.54, 1.807) is 0 Å². The lowest BCUT2D eigenvalue weighted by molar-refractivity contribution is 0.673. The topological polar surface area (TPSA) is 21.3 Å². The molecule has 0 amide bonds. The van der Waals surface area contributed by atoms with Gasteiger partial charge in [-0.05, 0) is 95.1 Å². The first-order valence-corrected chi connectivity index (χ1v) is 15.9. The predicted octanol–water partition coefficient (Wildman–Crippen LogP) is 12.3. The summed E-state index contributed by atoms with van der Waals surface area (Å²) >= 11 is 0. The Morgan fingerprint density at radius 2 is 0.915 bits per heavy atom. The summed E-state index contributed by atoms with van der Waals surface area (Å²) in [7, 11) is 0. The van der Waals surface area contributed by atoms with Crippen molar-refractivity contribution in [3.8, 4) is 27.9 Å². The molecule has 0 radical (unpaired) electrons. The molecule has 0 aliphatic carbocycles. The van der Waals surface area contributed by atoms with Crippen LogP contribution in [0.15, 0.2) is 186 Å². The molecule has 0 saturated carbocycles. The van der Waals surface area contributed by atoms with Gasteiger partial charge in [0, 0.05) is 33.5 Å². The molecule has 3 nitrogen and oxygen atoms in total. The Kier molecular flexibility index (Phi) is 6.46. The first-order chi connectivity index (χ1) is 23.3. The van der Waals surface area contributed by atoms with Gasteiger partial charge in [-0.2, -0.15) is 0 Å². The van der Waals surface area contributed by atoms with Gasteiger partial charge in [-0.1, -0.05) is 109 Å². The van der Waals surface area contributed by atoms with Crippen LogP contribution in [-0.4, -0.2) is 4.57 Å². The fraction of sp³-hybridized carbons (Fsp3) is 0. The summed E-state index contributed by atoms with van der Waals surface area (Å²) in [5, 5.41) is 2.22. The summed E-state index contributed by atoms with van der Waals surface area (Å²) in [4.78, 5) is 2.31. The van der Waals surface area contributed by atoms with Crippen molar-refractivity contribution in [2.75, 3.05) is 4.90 Å². The highest BCUT2D eigenvalue weighted by Crippen LogP contribution is 2.41. The van der Waals surface area contributed by atoms with E-state index in [4.69, 9.17) is 4.42 Å². The maximum absolute atomic E-state index is 6.52. The van der Waals surface area contributed by atoms with Crippen LogP contribution in [0.3, 0.4) is 0 Å². The predicted molar refractivity (Wildman–Crippen MR) is 196 cm³/mol. The van der Waals surface area contributed by atoms with Crippen LogP contribution >= 0.6 is 0 Å². The number of para-hydroxylation sites is 3. The van der Waals surface area contributed by atoms with E-state index in [-0.39, 0.29) is 0 Å². The largest absolute Gasteiger partial charge is 0.454 e. The Balaban J connectivity index is 1.13. The Morgan fingerprint density at radius 1 is 0.404 bits per heavy atom. The van der Waals surface area contributed by atoms with Gasteiger partial charge in [0.25, 0.3) is 0 Å². The number of benzene rings is 7. The molecule has 0 saturated heterocycles. The standard InChI is InChI=1S/C44H30N2O/c1-4-12-31(13-5-1)32-20-25-37(26-21-32)45(35-14-6-2-7-15-35)38-27-22-33(23-28-38)34-24-29-41-40(30-34)44-43(39-18-10-11-19-42(39)47-44)46(41)36-16-8-3-9-17-36/h1-30H. The van der Waals surface area contributed by atoms with Gasteiger partial charge in [0.05, 0.1) is 5.52 Å². The molecule has 2 heterocycles. The number of fused-ring (bicyclic) bond motifs is 5. The smallest absolute Gasteiger partial charge is 0.161 e. The van der Waals surface area contributed by atoms with Gasteiger partial charge >= 0.3 is 0 Å². The zero-order chi connectivity index (χ0) is 31.2. The SMILES string of the molecule is c1ccc(-c2ccc(N(c3ccccc3)c3ccc(-c4ccc5c(c4)c4oc6ccccc6c4n5-c4ccccc4)cc3)cc2)cc1. The van der Waals surface area contributed by atoms with E-state index in [2.05, 4.69) is 179 Å². The number of furan rings is 1. The summed E-state index contributed by atoms with van der Waals surface area (Å²) in [6.45, 7) is 0. The highest BCUT2D eigenvalue weighted by molar-refractivity contribution is 6.17. The first kappa shape index (κ1) is 27.0. The van der Waals surface area contributed by atoms with Crippen molar-refractivity contribution in [1.29, 1.82) is 0 Å². The monoisotopic (exact) mass is 602 g/mol. The van der Waals surface area contributed by atoms with Crippen molar-refractivity contribution >= 4 is 50.0 Å². The molecule has 222 valence electrons. The molecular formula is C44H30N2O. The van der Waals surface area contributed by atoms with Crippen LogP contribution in [0.25, 0.3) is 60.9 Å². The van der Waals surface area contributed by atoms with Crippen molar-refractivity contribution in [2.24, 2.45) is 0 Å². The van der Waals surface area contributed by atoms with Crippen molar-refractivity contribution in [3.63, 3.8) is 0 Å². The molecule has 0 bridgehead atoms. The van der Waals surface area contributed by atoms with Gasteiger partial charge in [0.2, 0.25) is 0 Å². The lowest BCUT2D eigenvalue weighted by Crippen LogP contribution is -2.09. The normalized spacial score (nSPS) is 11.4. The summed E-state index contributed by atoms with van der Waals surface area (Å²) in [5.74, 6) is 0. The van der Waals surface area contributed by atoms with Gasteiger partial charge in [0.1, 0.15) is 11.1 Å². The molecule has 9 aromatic rings. The Morgan fingerprint density at radius 3 is 1.60 bits per heavy atom. The quantitative estimate of drug-likeness (QED) is 0.189. The van der Waals surface area contributed by atoms with Crippen LogP contribution in [-0.2, 0) is 0 Å². The minimum Gasteiger partial charge on any atom is -0.454 e. The van der Waals surface area contributed by atoms with Crippen LogP contribution in [0, 0.1) is 0 Å². The van der Waals surface area contributed by atoms with Crippen LogP contribution in [0.4, 0.5) is 17.1 Å². The van der Waals surface area contributed by atoms with Gasteiger partial charge < -0.3 is 13.9 Å².